The van der Waals surface area contributed by atoms with E-state index in [1.807, 2.05) is 19.1 Å². The predicted octanol–water partition coefficient (Wildman–Crippen LogP) is 0.719. The molecule has 1 fully saturated rings. The van der Waals surface area contributed by atoms with Crippen LogP contribution in [0.4, 0.5) is 0 Å². The lowest BCUT2D eigenvalue weighted by Crippen LogP contribution is -2.52. The summed E-state index contributed by atoms with van der Waals surface area (Å²) < 4.78 is 24.5. The predicted molar refractivity (Wildman–Crippen MR) is 79.5 cm³/mol. The van der Waals surface area contributed by atoms with Gasteiger partial charge in [-0.15, -0.1) is 0 Å². The van der Waals surface area contributed by atoms with Crippen molar-refractivity contribution in [3.8, 4) is 0 Å². The fourth-order valence-electron chi connectivity index (χ4n) is 2.18. The van der Waals surface area contributed by atoms with Gasteiger partial charge < -0.3 is 4.90 Å². The molecule has 0 bridgehead atoms. The van der Waals surface area contributed by atoms with Crippen molar-refractivity contribution in [3.63, 3.8) is 0 Å². The van der Waals surface area contributed by atoms with Crippen molar-refractivity contribution in [2.24, 2.45) is 5.14 Å². The molecule has 1 aliphatic rings. The average molecular weight is 362 g/mol. The van der Waals surface area contributed by atoms with Crippen LogP contribution in [0.25, 0.3) is 0 Å². The van der Waals surface area contributed by atoms with Gasteiger partial charge in [0.1, 0.15) is 0 Å². The molecule has 1 saturated heterocycles. The molecule has 0 atom stereocenters. The molecule has 6 nitrogen and oxygen atoms in total. The van der Waals surface area contributed by atoms with Crippen LogP contribution < -0.4 is 5.14 Å². The number of halogens is 1. The van der Waals surface area contributed by atoms with E-state index in [2.05, 4.69) is 15.9 Å². The lowest BCUT2D eigenvalue weighted by atomic mass is 10.1. The molecule has 0 aromatic heterocycles. The smallest absolute Gasteiger partial charge is 0.277 e. The largest absolute Gasteiger partial charge is 0.336 e. The SMILES string of the molecule is Cc1cc(Br)ccc1C(=O)N1CCN(S(N)(=O)=O)CC1. The molecule has 0 radical (unpaired) electrons. The Kier molecular flexibility index (Phi) is 4.48. The van der Waals surface area contributed by atoms with Crippen molar-refractivity contribution in [3.05, 3.63) is 33.8 Å². The number of hydrogen-bond acceptors (Lipinski definition) is 3. The summed E-state index contributed by atoms with van der Waals surface area (Å²) in [4.78, 5) is 14.1. The minimum absolute atomic E-state index is 0.0796. The third kappa shape index (κ3) is 3.38. The summed E-state index contributed by atoms with van der Waals surface area (Å²) in [5.41, 5.74) is 1.52. The third-order valence-corrected chi connectivity index (χ3v) is 4.88. The van der Waals surface area contributed by atoms with Crippen molar-refractivity contribution < 1.29 is 13.2 Å². The van der Waals surface area contributed by atoms with Gasteiger partial charge in [-0.25, -0.2) is 5.14 Å². The first-order valence-electron chi connectivity index (χ1n) is 6.12. The molecule has 1 heterocycles. The second-order valence-electron chi connectivity index (χ2n) is 4.70. The standard InChI is InChI=1S/C12H16BrN3O3S/c1-9-8-10(13)2-3-11(9)12(17)15-4-6-16(7-5-15)20(14,18)19/h2-3,8H,4-7H2,1H3,(H2,14,18,19). The first-order chi connectivity index (χ1) is 9.29. The average Bonchev–Trinajstić information content (AvgIpc) is 2.37. The van der Waals surface area contributed by atoms with Gasteiger partial charge in [-0.3, -0.25) is 4.79 Å². The Hall–Kier alpha value is -0.960. The van der Waals surface area contributed by atoms with Crippen LogP contribution in [0.3, 0.4) is 0 Å². The zero-order valence-electron chi connectivity index (χ0n) is 11.0. The highest BCUT2D eigenvalue weighted by molar-refractivity contribution is 9.10. The van der Waals surface area contributed by atoms with E-state index in [4.69, 9.17) is 5.14 Å². The van der Waals surface area contributed by atoms with Crippen molar-refractivity contribution in [2.75, 3.05) is 26.2 Å². The molecule has 2 rings (SSSR count). The second-order valence-corrected chi connectivity index (χ2v) is 7.16. The number of carbonyl (C=O) groups excluding carboxylic acids is 1. The van der Waals surface area contributed by atoms with Gasteiger partial charge in [0.2, 0.25) is 0 Å². The van der Waals surface area contributed by atoms with Crippen molar-refractivity contribution in [2.45, 2.75) is 6.92 Å². The normalized spacial score (nSPS) is 17.2. The number of hydrogen-bond donors (Lipinski definition) is 1. The van der Waals surface area contributed by atoms with Gasteiger partial charge in [0, 0.05) is 36.2 Å². The van der Waals surface area contributed by atoms with Gasteiger partial charge in [-0.05, 0) is 30.7 Å². The van der Waals surface area contributed by atoms with Crippen LogP contribution in [0.1, 0.15) is 15.9 Å². The van der Waals surface area contributed by atoms with E-state index in [1.165, 1.54) is 4.31 Å². The molecule has 20 heavy (non-hydrogen) atoms. The van der Waals surface area contributed by atoms with E-state index < -0.39 is 10.2 Å². The highest BCUT2D eigenvalue weighted by atomic mass is 79.9. The van der Waals surface area contributed by atoms with Crippen LogP contribution in [-0.2, 0) is 10.2 Å². The molecule has 0 saturated carbocycles. The zero-order chi connectivity index (χ0) is 14.9. The monoisotopic (exact) mass is 361 g/mol. The Labute approximate surface area is 126 Å². The van der Waals surface area contributed by atoms with E-state index in [0.717, 1.165) is 10.0 Å². The van der Waals surface area contributed by atoms with Crippen LogP contribution >= 0.6 is 15.9 Å². The quantitative estimate of drug-likeness (QED) is 0.842. The lowest BCUT2D eigenvalue weighted by molar-refractivity contribution is 0.0697. The van der Waals surface area contributed by atoms with Gasteiger partial charge in [0.25, 0.3) is 16.1 Å². The number of piperazine rings is 1. The topological polar surface area (TPSA) is 83.7 Å². The van der Waals surface area contributed by atoms with E-state index in [0.29, 0.717) is 18.7 Å². The molecule has 2 N–H and O–H groups in total. The van der Waals surface area contributed by atoms with Crippen molar-refractivity contribution >= 4 is 32.0 Å². The Morgan fingerprint density at radius 2 is 1.85 bits per heavy atom. The van der Waals surface area contributed by atoms with Gasteiger partial charge in [0.15, 0.2) is 0 Å². The van der Waals surface area contributed by atoms with Crippen LogP contribution in [0.2, 0.25) is 0 Å². The molecule has 8 heteroatoms. The maximum atomic E-state index is 12.4. The maximum Gasteiger partial charge on any atom is 0.277 e. The first kappa shape index (κ1) is 15.4. The highest BCUT2D eigenvalue weighted by Crippen LogP contribution is 2.18. The molecule has 0 unspecified atom stereocenters. The molecular weight excluding hydrogens is 346 g/mol. The first-order valence-corrected chi connectivity index (χ1v) is 8.42. The molecule has 1 aromatic carbocycles. The Morgan fingerprint density at radius 3 is 2.35 bits per heavy atom. The highest BCUT2D eigenvalue weighted by Gasteiger charge is 2.27. The van der Waals surface area contributed by atoms with Gasteiger partial charge in [0.05, 0.1) is 0 Å². The summed E-state index contributed by atoms with van der Waals surface area (Å²) in [5.74, 6) is -0.0796. The van der Waals surface area contributed by atoms with Gasteiger partial charge >= 0.3 is 0 Å². The van der Waals surface area contributed by atoms with Crippen LogP contribution in [0, 0.1) is 6.92 Å². The number of carbonyl (C=O) groups is 1. The minimum atomic E-state index is -3.66. The maximum absolute atomic E-state index is 12.4. The number of aryl methyl sites for hydroxylation is 1. The van der Waals surface area contributed by atoms with Crippen molar-refractivity contribution in [1.29, 1.82) is 0 Å². The number of amides is 1. The van der Waals surface area contributed by atoms with Crippen molar-refractivity contribution in [1.82, 2.24) is 9.21 Å². The Balaban J connectivity index is 2.09. The molecule has 0 spiro atoms. The van der Waals surface area contributed by atoms with E-state index in [9.17, 15) is 13.2 Å². The fraction of sp³-hybridized carbons (Fsp3) is 0.417. The number of rotatable bonds is 2. The summed E-state index contributed by atoms with van der Waals surface area (Å²) in [7, 11) is -3.66. The lowest BCUT2D eigenvalue weighted by Gasteiger charge is -2.33. The Morgan fingerprint density at radius 1 is 1.25 bits per heavy atom. The second kappa shape index (κ2) is 5.80. The van der Waals surface area contributed by atoms with Gasteiger partial charge in [-0.2, -0.15) is 12.7 Å². The third-order valence-electron chi connectivity index (χ3n) is 3.30. The van der Waals surface area contributed by atoms with E-state index in [1.54, 1.807) is 11.0 Å². The number of benzene rings is 1. The summed E-state index contributed by atoms with van der Waals surface area (Å²) in [6, 6.07) is 5.47. The van der Waals surface area contributed by atoms with E-state index in [-0.39, 0.29) is 19.0 Å². The summed E-state index contributed by atoms with van der Waals surface area (Å²) in [5, 5.41) is 5.07. The molecule has 0 aliphatic carbocycles. The Bertz CT molecular complexity index is 625. The summed E-state index contributed by atoms with van der Waals surface area (Å²) >= 11 is 3.36. The number of nitrogens with zero attached hydrogens (tertiary/aromatic N) is 2. The number of nitrogens with two attached hydrogens (primary N) is 1. The summed E-state index contributed by atoms with van der Waals surface area (Å²) in [6.45, 7) is 3.05. The molecule has 1 aliphatic heterocycles. The van der Waals surface area contributed by atoms with Crippen LogP contribution in [0.5, 0.6) is 0 Å². The summed E-state index contributed by atoms with van der Waals surface area (Å²) in [6.07, 6.45) is 0. The van der Waals surface area contributed by atoms with Crippen LogP contribution in [-0.4, -0.2) is 49.7 Å². The van der Waals surface area contributed by atoms with Gasteiger partial charge in [-0.1, -0.05) is 15.9 Å². The molecule has 1 amide bonds. The molecular formula is C12H16BrN3O3S. The van der Waals surface area contributed by atoms with E-state index >= 15 is 0 Å². The fourth-order valence-corrected chi connectivity index (χ4v) is 3.33. The zero-order valence-corrected chi connectivity index (χ0v) is 13.4. The minimum Gasteiger partial charge on any atom is -0.336 e. The van der Waals surface area contributed by atoms with Crippen LogP contribution in [0.15, 0.2) is 22.7 Å². The molecule has 110 valence electrons. The molecule has 1 aromatic rings.